The van der Waals surface area contributed by atoms with Crippen LogP contribution in [0, 0.1) is 0 Å². The highest BCUT2D eigenvalue weighted by atomic mass is 35.5. The maximum Gasteiger partial charge on any atom is 0.288 e. The molecule has 0 aliphatic heterocycles. The van der Waals surface area contributed by atoms with Crippen molar-refractivity contribution >= 4 is 22.6 Å². The van der Waals surface area contributed by atoms with Crippen molar-refractivity contribution in [1.82, 2.24) is 14.5 Å². The quantitative estimate of drug-likeness (QED) is 0.630. The molecule has 2 rings (SSSR count). The highest BCUT2D eigenvalue weighted by molar-refractivity contribution is 6.29. The summed E-state index contributed by atoms with van der Waals surface area (Å²) < 4.78 is 1.45. The van der Waals surface area contributed by atoms with Crippen LogP contribution in [0.15, 0.2) is 23.3 Å². The molecule has 0 spiro atoms. The van der Waals surface area contributed by atoms with Crippen molar-refractivity contribution in [3.05, 3.63) is 34.0 Å². The van der Waals surface area contributed by atoms with Gasteiger partial charge in [0, 0.05) is 13.2 Å². The molecule has 0 radical (unpaired) electrons. The van der Waals surface area contributed by atoms with Gasteiger partial charge < -0.3 is 4.57 Å². The van der Waals surface area contributed by atoms with Gasteiger partial charge in [0.25, 0.3) is 5.56 Å². The van der Waals surface area contributed by atoms with Gasteiger partial charge in [0.2, 0.25) is 0 Å². The summed E-state index contributed by atoms with van der Waals surface area (Å²) >= 11 is 5.62. The molecule has 0 atom stereocenters. The minimum atomic E-state index is -0.291. The summed E-state index contributed by atoms with van der Waals surface area (Å²) in [6.45, 7) is 0. The maximum absolute atomic E-state index is 11.3. The Kier molecular flexibility index (Phi) is 1.77. The normalized spacial score (nSPS) is 10.6. The van der Waals surface area contributed by atoms with E-state index < -0.39 is 0 Å². The van der Waals surface area contributed by atoms with E-state index >= 15 is 0 Å². The molecule has 2 heterocycles. The van der Waals surface area contributed by atoms with Crippen molar-refractivity contribution in [2.24, 2.45) is 7.05 Å². The van der Waals surface area contributed by atoms with Crippen molar-refractivity contribution in [2.75, 3.05) is 0 Å². The zero-order valence-electron chi connectivity index (χ0n) is 6.86. The zero-order chi connectivity index (χ0) is 9.42. The van der Waals surface area contributed by atoms with Gasteiger partial charge in [0.15, 0.2) is 5.15 Å². The Hall–Kier alpha value is -1.42. The van der Waals surface area contributed by atoms with Gasteiger partial charge in [-0.2, -0.15) is 0 Å². The average molecular weight is 196 g/mol. The van der Waals surface area contributed by atoms with Crippen LogP contribution in [0.5, 0.6) is 0 Å². The number of fused-ring (bicyclic) bond motifs is 1. The third kappa shape index (κ3) is 1.19. The molecule has 0 saturated carbocycles. The molecule has 0 amide bonds. The average Bonchev–Trinajstić information content (AvgIpc) is 2.15. The lowest BCUT2D eigenvalue weighted by atomic mass is 10.4. The van der Waals surface area contributed by atoms with Gasteiger partial charge in [-0.25, -0.2) is 4.98 Å². The van der Waals surface area contributed by atoms with Gasteiger partial charge >= 0.3 is 0 Å². The highest BCUT2D eigenvalue weighted by Crippen LogP contribution is 2.08. The molecule has 2 aromatic heterocycles. The van der Waals surface area contributed by atoms with E-state index in [4.69, 9.17) is 11.6 Å². The Morgan fingerprint density at radius 2 is 2.31 bits per heavy atom. The molecule has 0 aliphatic rings. The van der Waals surface area contributed by atoms with E-state index in [1.165, 1.54) is 4.57 Å². The molecule has 0 aromatic carbocycles. The molecule has 5 heteroatoms. The van der Waals surface area contributed by atoms with Gasteiger partial charge in [-0.1, -0.05) is 11.6 Å². The predicted molar refractivity (Wildman–Crippen MR) is 49.8 cm³/mol. The Balaban J connectivity index is 3.02. The lowest BCUT2D eigenvalue weighted by Crippen LogP contribution is -2.18. The highest BCUT2D eigenvalue weighted by Gasteiger charge is 2.04. The first-order chi connectivity index (χ1) is 6.20. The number of hydrogen-bond acceptors (Lipinski definition) is 3. The third-order valence-corrected chi connectivity index (χ3v) is 2.08. The second-order valence-corrected chi connectivity index (χ2v) is 2.99. The zero-order valence-corrected chi connectivity index (χ0v) is 7.62. The topological polar surface area (TPSA) is 47.8 Å². The summed E-state index contributed by atoms with van der Waals surface area (Å²) in [5.74, 6) is 0. The Morgan fingerprint density at radius 1 is 1.54 bits per heavy atom. The number of hydrogen-bond donors (Lipinski definition) is 0. The molecular formula is C8H6ClN3O. The Labute approximate surface area is 78.8 Å². The molecule has 66 valence electrons. The molecule has 13 heavy (non-hydrogen) atoms. The van der Waals surface area contributed by atoms with Gasteiger partial charge in [-0.3, -0.25) is 9.78 Å². The third-order valence-electron chi connectivity index (χ3n) is 1.84. The first-order valence-electron chi connectivity index (χ1n) is 3.66. The van der Waals surface area contributed by atoms with Gasteiger partial charge in [-0.15, -0.1) is 0 Å². The molecule has 0 aliphatic carbocycles. The molecule has 4 nitrogen and oxygen atoms in total. The van der Waals surface area contributed by atoms with Crippen LogP contribution >= 0.6 is 11.6 Å². The smallest absolute Gasteiger partial charge is 0.288 e. The first kappa shape index (κ1) is 8.19. The van der Waals surface area contributed by atoms with Gasteiger partial charge in [-0.05, 0) is 6.07 Å². The van der Waals surface area contributed by atoms with Crippen molar-refractivity contribution in [1.29, 1.82) is 0 Å². The molecule has 0 unspecified atom stereocenters. The second-order valence-electron chi connectivity index (χ2n) is 2.63. The summed E-state index contributed by atoms with van der Waals surface area (Å²) in [5.41, 5.74) is 1.05. The molecule has 0 fully saturated rings. The summed E-state index contributed by atoms with van der Waals surface area (Å²) in [4.78, 5) is 19.1. The van der Waals surface area contributed by atoms with Crippen LogP contribution < -0.4 is 5.56 Å². The number of aromatic nitrogens is 3. The first-order valence-corrected chi connectivity index (χ1v) is 4.04. The predicted octanol–water partition coefficient (Wildman–Crippen LogP) is 0.982. The number of pyridine rings is 1. The van der Waals surface area contributed by atoms with E-state index in [0.29, 0.717) is 5.52 Å². The lowest BCUT2D eigenvalue weighted by molar-refractivity contribution is 0.890. The van der Waals surface area contributed by atoms with Crippen LogP contribution in [0.2, 0.25) is 5.15 Å². The molecule has 2 aromatic rings. The number of aryl methyl sites for hydroxylation is 1. The largest absolute Gasteiger partial charge is 0.307 e. The van der Waals surface area contributed by atoms with E-state index in [0.717, 1.165) is 5.52 Å². The fourth-order valence-corrected chi connectivity index (χ4v) is 1.37. The van der Waals surface area contributed by atoms with Crippen LogP contribution in [-0.2, 0) is 7.05 Å². The van der Waals surface area contributed by atoms with Crippen molar-refractivity contribution in [2.45, 2.75) is 0 Å². The molecule has 0 N–H and O–H groups in total. The minimum Gasteiger partial charge on any atom is -0.307 e. The standard InChI is InChI=1S/C8H6ClN3O/c1-12-6-2-3-10-4-5(6)11-7(9)8(12)13/h2-4H,1H3. The maximum atomic E-state index is 11.3. The Bertz CT molecular complexity index is 520. The van der Waals surface area contributed by atoms with E-state index in [1.54, 1.807) is 25.5 Å². The Morgan fingerprint density at radius 3 is 3.08 bits per heavy atom. The SMILES string of the molecule is Cn1c(=O)c(Cl)nc2cnccc21. The van der Waals surface area contributed by atoms with Crippen LogP contribution in [-0.4, -0.2) is 14.5 Å². The van der Waals surface area contributed by atoms with E-state index in [-0.39, 0.29) is 10.7 Å². The fraction of sp³-hybridized carbons (Fsp3) is 0.125. The van der Waals surface area contributed by atoms with Gasteiger partial charge in [0.1, 0.15) is 5.52 Å². The summed E-state index contributed by atoms with van der Waals surface area (Å²) in [7, 11) is 1.65. The summed E-state index contributed by atoms with van der Waals surface area (Å²) in [6, 6.07) is 1.72. The van der Waals surface area contributed by atoms with E-state index in [2.05, 4.69) is 9.97 Å². The van der Waals surface area contributed by atoms with Crippen LogP contribution in [0.25, 0.3) is 11.0 Å². The number of halogens is 1. The molecule has 0 saturated heterocycles. The fourth-order valence-electron chi connectivity index (χ4n) is 1.15. The number of rotatable bonds is 0. The van der Waals surface area contributed by atoms with E-state index in [9.17, 15) is 4.79 Å². The summed E-state index contributed by atoms with van der Waals surface area (Å²) in [6.07, 6.45) is 3.18. The second kappa shape index (κ2) is 2.81. The molecular weight excluding hydrogens is 190 g/mol. The monoisotopic (exact) mass is 195 g/mol. The minimum absolute atomic E-state index is 0.0250. The van der Waals surface area contributed by atoms with Crippen LogP contribution in [0.3, 0.4) is 0 Å². The summed E-state index contributed by atoms with van der Waals surface area (Å²) in [5, 5.41) is -0.0250. The van der Waals surface area contributed by atoms with Crippen molar-refractivity contribution in [3.8, 4) is 0 Å². The lowest BCUT2D eigenvalue weighted by Gasteiger charge is -2.02. The van der Waals surface area contributed by atoms with Crippen molar-refractivity contribution < 1.29 is 0 Å². The number of nitrogens with zero attached hydrogens (tertiary/aromatic N) is 3. The molecule has 0 bridgehead atoms. The van der Waals surface area contributed by atoms with Crippen LogP contribution in [0.1, 0.15) is 0 Å². The van der Waals surface area contributed by atoms with Crippen molar-refractivity contribution in [3.63, 3.8) is 0 Å². The van der Waals surface area contributed by atoms with E-state index in [1.807, 2.05) is 0 Å². The van der Waals surface area contributed by atoms with Crippen LogP contribution in [0.4, 0.5) is 0 Å². The van der Waals surface area contributed by atoms with Gasteiger partial charge in [0.05, 0.1) is 11.7 Å².